The lowest BCUT2D eigenvalue weighted by molar-refractivity contribution is 0.741. The Hall–Kier alpha value is -7.30. The van der Waals surface area contributed by atoms with Crippen LogP contribution in [-0.2, 0) is 6.42 Å². The van der Waals surface area contributed by atoms with Crippen LogP contribution >= 0.6 is 0 Å². The number of anilines is 1. The molecule has 302 valence electrons. The van der Waals surface area contributed by atoms with Crippen LogP contribution in [0.2, 0.25) is 0 Å². The predicted molar refractivity (Wildman–Crippen MR) is 264 cm³/mol. The van der Waals surface area contributed by atoms with Crippen LogP contribution in [0.3, 0.4) is 0 Å². The average molecular weight is 803 g/mol. The summed E-state index contributed by atoms with van der Waals surface area (Å²) < 4.78 is 2.39. The Morgan fingerprint density at radius 1 is 0.790 bits per heavy atom. The molecule has 0 saturated heterocycles. The maximum atomic E-state index is 5.47. The molecule has 4 heteroatoms. The van der Waals surface area contributed by atoms with Crippen LogP contribution < -0.4 is 4.90 Å². The third kappa shape index (κ3) is 7.02. The zero-order chi connectivity index (χ0) is 42.2. The van der Waals surface area contributed by atoms with Gasteiger partial charge in [0.15, 0.2) is 5.82 Å². The lowest BCUT2D eigenvalue weighted by atomic mass is 9.88. The van der Waals surface area contributed by atoms with Crippen molar-refractivity contribution in [2.24, 2.45) is 5.92 Å². The standard InChI is InChI=1S/C58H50N4/c1-5-17-39(4)18-16-35-61-52-26-14-12-22-46(52)36-47-32-31-45(37-54(47)61)49-24-15-25-50-56-48-23-13-11-19-42(48)33-34-53(56)62(57(49)50)55-38-51(43-20-9-8-10-21-43)59-58(60-55)44-29-27-41(28-30-44)40(6-2)7-3/h5-11,13-16,18-21,23-34,37-39H,1-2,12,17,22,35-36H2,3-4H3/b18-16-,40-7+. The molecule has 0 fully saturated rings. The van der Waals surface area contributed by atoms with Gasteiger partial charge in [-0.05, 0) is 95.3 Å². The number of aromatic nitrogens is 3. The van der Waals surface area contributed by atoms with E-state index >= 15 is 0 Å². The molecule has 4 nitrogen and oxygen atoms in total. The van der Waals surface area contributed by atoms with E-state index in [1.54, 1.807) is 0 Å². The minimum atomic E-state index is 0.446. The monoisotopic (exact) mass is 802 g/mol. The second kappa shape index (κ2) is 16.6. The molecule has 1 atom stereocenters. The molecule has 1 aliphatic carbocycles. The highest BCUT2D eigenvalue weighted by Gasteiger charge is 2.26. The first-order chi connectivity index (χ1) is 30.5. The van der Waals surface area contributed by atoms with E-state index in [0.717, 1.165) is 82.6 Å². The molecule has 0 radical (unpaired) electrons. The summed E-state index contributed by atoms with van der Waals surface area (Å²) >= 11 is 0. The van der Waals surface area contributed by atoms with Gasteiger partial charge in [-0.2, -0.15) is 0 Å². The van der Waals surface area contributed by atoms with Gasteiger partial charge < -0.3 is 4.90 Å². The van der Waals surface area contributed by atoms with E-state index in [0.29, 0.717) is 11.7 Å². The normalized spacial score (nSPS) is 14.5. The molecule has 2 aliphatic rings. The molecule has 3 heterocycles. The smallest absolute Gasteiger partial charge is 0.162 e. The molecule has 8 aromatic rings. The Kier molecular flexibility index (Phi) is 10.4. The van der Waals surface area contributed by atoms with Crippen molar-refractivity contribution < 1.29 is 0 Å². The van der Waals surface area contributed by atoms with Gasteiger partial charge in [-0.1, -0.05) is 165 Å². The average Bonchev–Trinajstić information content (AvgIpc) is 3.67. The summed E-state index contributed by atoms with van der Waals surface area (Å²) in [4.78, 5) is 13.2. The van der Waals surface area contributed by atoms with Crippen molar-refractivity contribution in [2.45, 2.75) is 39.5 Å². The third-order valence-electron chi connectivity index (χ3n) is 12.6. The maximum absolute atomic E-state index is 5.47. The van der Waals surface area contributed by atoms with E-state index in [-0.39, 0.29) is 0 Å². The van der Waals surface area contributed by atoms with Crippen molar-refractivity contribution in [1.82, 2.24) is 14.5 Å². The van der Waals surface area contributed by atoms with Crippen molar-refractivity contribution in [2.75, 3.05) is 11.4 Å². The van der Waals surface area contributed by atoms with Crippen molar-refractivity contribution in [1.29, 1.82) is 0 Å². The first kappa shape index (κ1) is 38.9. The number of fused-ring (bicyclic) bond motifs is 6. The Labute approximate surface area is 364 Å². The summed E-state index contributed by atoms with van der Waals surface area (Å²) in [6, 6.07) is 48.3. The summed E-state index contributed by atoms with van der Waals surface area (Å²) in [5.74, 6) is 1.94. The summed E-state index contributed by atoms with van der Waals surface area (Å²) in [6.45, 7) is 13.1. The van der Waals surface area contributed by atoms with Crippen molar-refractivity contribution >= 4 is 43.8 Å². The molecule has 0 amide bonds. The van der Waals surface area contributed by atoms with Crippen molar-refractivity contribution in [3.05, 3.63) is 212 Å². The molecule has 0 N–H and O–H groups in total. The number of para-hydroxylation sites is 1. The molecule has 0 bridgehead atoms. The summed E-state index contributed by atoms with van der Waals surface area (Å²) in [7, 11) is 0. The van der Waals surface area contributed by atoms with Crippen molar-refractivity contribution in [3.8, 4) is 39.6 Å². The van der Waals surface area contributed by atoms with E-state index < -0.39 is 0 Å². The molecule has 1 unspecified atom stereocenters. The van der Waals surface area contributed by atoms with Crippen LogP contribution in [0.25, 0.3) is 77.7 Å². The van der Waals surface area contributed by atoms with Gasteiger partial charge >= 0.3 is 0 Å². The number of hydrogen-bond donors (Lipinski definition) is 0. The second-order valence-corrected chi connectivity index (χ2v) is 16.5. The fourth-order valence-electron chi connectivity index (χ4n) is 9.54. The fourth-order valence-corrected chi connectivity index (χ4v) is 9.54. The lowest BCUT2D eigenvalue weighted by Crippen LogP contribution is -2.29. The quantitative estimate of drug-likeness (QED) is 0.0965. The minimum Gasteiger partial charge on any atom is -0.337 e. The highest BCUT2D eigenvalue weighted by molar-refractivity contribution is 6.23. The Morgan fingerprint density at radius 3 is 2.42 bits per heavy atom. The number of rotatable bonds is 11. The van der Waals surface area contributed by atoms with Gasteiger partial charge in [-0.3, -0.25) is 4.57 Å². The van der Waals surface area contributed by atoms with E-state index in [1.807, 2.05) is 19.1 Å². The van der Waals surface area contributed by atoms with Crippen LogP contribution in [0.4, 0.5) is 5.69 Å². The van der Waals surface area contributed by atoms with Gasteiger partial charge in [-0.25, -0.2) is 9.97 Å². The topological polar surface area (TPSA) is 34.0 Å². The fraction of sp³-hybridized carbons (Fsp3) is 0.138. The van der Waals surface area contributed by atoms with Gasteiger partial charge in [0.25, 0.3) is 0 Å². The molecule has 62 heavy (non-hydrogen) atoms. The van der Waals surface area contributed by atoms with Gasteiger partial charge in [0.05, 0.1) is 16.7 Å². The third-order valence-corrected chi connectivity index (χ3v) is 12.6. The molecule has 10 rings (SSSR count). The molecule has 2 aromatic heterocycles. The van der Waals surface area contributed by atoms with Gasteiger partial charge in [0, 0.05) is 51.5 Å². The number of nitrogens with zero attached hydrogens (tertiary/aromatic N) is 4. The largest absolute Gasteiger partial charge is 0.337 e. The Bertz CT molecular complexity index is 3160. The Balaban J connectivity index is 1.21. The Morgan fingerprint density at radius 2 is 1.60 bits per heavy atom. The molecule has 0 saturated carbocycles. The highest BCUT2D eigenvalue weighted by atomic mass is 15.1. The second-order valence-electron chi connectivity index (χ2n) is 16.5. The van der Waals surface area contributed by atoms with Crippen molar-refractivity contribution in [3.63, 3.8) is 0 Å². The van der Waals surface area contributed by atoms with Crippen LogP contribution in [0, 0.1) is 5.92 Å². The number of allylic oxidation sites excluding steroid dienone is 8. The molecule has 0 spiro atoms. The van der Waals surface area contributed by atoms with Crippen LogP contribution in [0.1, 0.15) is 44.2 Å². The summed E-state index contributed by atoms with van der Waals surface area (Å²) in [5, 5.41) is 4.84. The predicted octanol–water partition coefficient (Wildman–Crippen LogP) is 15.1. The van der Waals surface area contributed by atoms with Gasteiger partial charge in [-0.15, -0.1) is 6.58 Å². The van der Waals surface area contributed by atoms with Gasteiger partial charge in [0.2, 0.25) is 0 Å². The van der Waals surface area contributed by atoms with Crippen LogP contribution in [-0.4, -0.2) is 21.1 Å². The molecular formula is C58H50N4. The van der Waals surface area contributed by atoms with Gasteiger partial charge in [0.1, 0.15) is 5.82 Å². The maximum Gasteiger partial charge on any atom is 0.162 e. The zero-order valence-corrected chi connectivity index (χ0v) is 35.6. The van der Waals surface area contributed by atoms with Crippen LogP contribution in [0.15, 0.2) is 200 Å². The highest BCUT2D eigenvalue weighted by Crippen LogP contribution is 2.44. The van der Waals surface area contributed by atoms with E-state index in [9.17, 15) is 0 Å². The summed E-state index contributed by atoms with van der Waals surface area (Å²) in [6.07, 6.45) is 19.5. The number of hydrogen-bond acceptors (Lipinski definition) is 3. The van der Waals surface area contributed by atoms with E-state index in [4.69, 9.17) is 9.97 Å². The molecule has 6 aromatic carbocycles. The minimum absolute atomic E-state index is 0.446. The van der Waals surface area contributed by atoms with E-state index in [2.05, 4.69) is 193 Å². The first-order valence-corrected chi connectivity index (χ1v) is 21.9. The van der Waals surface area contributed by atoms with E-state index in [1.165, 1.54) is 49.6 Å². The first-order valence-electron chi connectivity index (χ1n) is 21.9. The van der Waals surface area contributed by atoms with Crippen LogP contribution in [0.5, 0.6) is 0 Å². The SMILES string of the molecule is C=CCC(C)/C=C\CN1C2=C(CCC=C2)Cc2ccc(-c3cccc4c5c6ccccc6ccc5n(-c5cc(-c6ccccc6)nc(-c6ccc(/C(C=C)=C/C)cc6)n5)c34)cc21. The molecular weight excluding hydrogens is 753 g/mol. The zero-order valence-electron chi connectivity index (χ0n) is 35.6. The lowest BCUT2D eigenvalue weighted by Gasteiger charge is -2.35. The number of benzene rings is 6. The molecule has 1 aliphatic heterocycles. The summed E-state index contributed by atoms with van der Waals surface area (Å²) in [5.41, 5.74) is 15.2.